The van der Waals surface area contributed by atoms with Crippen LogP contribution >= 0.6 is 0 Å². The van der Waals surface area contributed by atoms with Gasteiger partial charge in [-0.1, -0.05) is 12.1 Å². The van der Waals surface area contributed by atoms with Crippen molar-refractivity contribution in [2.24, 2.45) is 0 Å². The number of esters is 1. The maximum atomic E-state index is 11.0. The van der Waals surface area contributed by atoms with Crippen molar-refractivity contribution in [2.75, 3.05) is 7.11 Å². The van der Waals surface area contributed by atoms with Crippen LogP contribution < -0.4 is 0 Å². The minimum Gasteiger partial charge on any atom is -0.465 e. The molecule has 0 saturated carbocycles. The normalized spacial score (nSPS) is 9.71. The van der Waals surface area contributed by atoms with Crippen LogP contribution in [0, 0.1) is 11.3 Å². The van der Waals surface area contributed by atoms with E-state index in [4.69, 9.17) is 5.26 Å². The number of benzene rings is 1. The van der Waals surface area contributed by atoms with E-state index in [2.05, 4.69) is 4.74 Å². The first-order chi connectivity index (χ1) is 6.77. The molecule has 0 fully saturated rings. The van der Waals surface area contributed by atoms with Crippen molar-refractivity contribution in [1.29, 1.82) is 5.26 Å². The number of hydrogen-bond acceptors (Lipinski definition) is 3. The molecule has 0 aliphatic heterocycles. The lowest BCUT2D eigenvalue weighted by Crippen LogP contribution is -2.00. The molecule has 14 heavy (non-hydrogen) atoms. The first-order valence-corrected chi connectivity index (χ1v) is 4.02. The summed E-state index contributed by atoms with van der Waals surface area (Å²) in [5.41, 5.74) is 1.38. The smallest absolute Gasteiger partial charge is 0.337 e. The molecule has 0 amide bonds. The van der Waals surface area contributed by atoms with Crippen LogP contribution in [0.4, 0.5) is 0 Å². The topological polar surface area (TPSA) is 50.1 Å². The van der Waals surface area contributed by atoms with E-state index in [-0.39, 0.29) is 5.97 Å². The Balaban J connectivity index is 2.85. The largest absolute Gasteiger partial charge is 0.465 e. The number of methoxy groups -OCH3 is 1. The summed E-state index contributed by atoms with van der Waals surface area (Å²) < 4.78 is 4.55. The third-order valence-electron chi connectivity index (χ3n) is 1.68. The van der Waals surface area contributed by atoms with E-state index in [0.717, 1.165) is 5.56 Å². The van der Waals surface area contributed by atoms with Gasteiger partial charge in [-0.15, -0.1) is 0 Å². The van der Waals surface area contributed by atoms with Crippen molar-refractivity contribution in [2.45, 2.75) is 0 Å². The quantitative estimate of drug-likeness (QED) is 0.525. The zero-order valence-electron chi connectivity index (χ0n) is 7.73. The number of ether oxygens (including phenoxy) is 1. The van der Waals surface area contributed by atoms with Crippen LogP contribution in [0.5, 0.6) is 0 Å². The molecule has 0 N–H and O–H groups in total. The van der Waals surface area contributed by atoms with Gasteiger partial charge in [-0.25, -0.2) is 4.79 Å². The Kier molecular flexibility index (Phi) is 3.45. The molecule has 0 aliphatic carbocycles. The molecular weight excluding hydrogens is 178 g/mol. The van der Waals surface area contributed by atoms with Crippen molar-refractivity contribution in [1.82, 2.24) is 0 Å². The van der Waals surface area contributed by atoms with Gasteiger partial charge >= 0.3 is 5.97 Å². The molecule has 1 aromatic rings. The first-order valence-electron chi connectivity index (χ1n) is 4.02. The highest BCUT2D eigenvalue weighted by molar-refractivity contribution is 5.89. The highest BCUT2D eigenvalue weighted by atomic mass is 16.5. The Morgan fingerprint density at radius 2 is 2.07 bits per heavy atom. The molecule has 3 nitrogen and oxygen atoms in total. The van der Waals surface area contributed by atoms with Crippen LogP contribution in [0.1, 0.15) is 15.9 Å². The highest BCUT2D eigenvalue weighted by Gasteiger charge is 2.02. The maximum Gasteiger partial charge on any atom is 0.337 e. The summed E-state index contributed by atoms with van der Waals surface area (Å²) in [6, 6.07) is 8.70. The van der Waals surface area contributed by atoms with Gasteiger partial charge in [0.25, 0.3) is 0 Å². The first kappa shape index (κ1) is 10.0. The summed E-state index contributed by atoms with van der Waals surface area (Å²) in [6.07, 6.45) is 3.05. The number of nitrogens with zero attached hydrogens (tertiary/aromatic N) is 1. The monoisotopic (exact) mass is 187 g/mol. The predicted octanol–water partition coefficient (Wildman–Crippen LogP) is 2.01. The Hall–Kier alpha value is -2.08. The SMILES string of the molecule is COC(=O)c1ccc(C=CC#N)cc1. The Morgan fingerprint density at radius 3 is 2.57 bits per heavy atom. The molecule has 0 radical (unpaired) electrons. The van der Waals surface area contributed by atoms with Gasteiger partial charge in [-0.3, -0.25) is 0 Å². The lowest BCUT2D eigenvalue weighted by atomic mass is 10.1. The van der Waals surface area contributed by atoms with Gasteiger partial charge in [0, 0.05) is 6.08 Å². The van der Waals surface area contributed by atoms with Crippen LogP contribution in [0.15, 0.2) is 30.3 Å². The molecule has 0 saturated heterocycles. The van der Waals surface area contributed by atoms with Crippen LogP contribution in [0.2, 0.25) is 0 Å². The van der Waals surface area contributed by atoms with Crippen LogP contribution in [0.3, 0.4) is 0 Å². The number of hydrogen-bond donors (Lipinski definition) is 0. The van der Waals surface area contributed by atoms with Gasteiger partial charge in [0.05, 0.1) is 18.7 Å². The molecule has 0 aliphatic rings. The van der Waals surface area contributed by atoms with Crippen molar-refractivity contribution < 1.29 is 9.53 Å². The number of rotatable bonds is 2. The van der Waals surface area contributed by atoms with Crippen molar-refractivity contribution in [3.05, 3.63) is 41.5 Å². The second kappa shape index (κ2) is 4.83. The van der Waals surface area contributed by atoms with Crippen molar-refractivity contribution in [3.63, 3.8) is 0 Å². The standard InChI is InChI=1S/C11H9NO2/c1-14-11(13)10-6-4-9(5-7-10)3-2-8-12/h2-7H,1H3. The lowest BCUT2D eigenvalue weighted by Gasteiger charge is -1.98. The van der Waals surface area contributed by atoms with Gasteiger partial charge in [0.15, 0.2) is 0 Å². The summed E-state index contributed by atoms with van der Waals surface area (Å²) >= 11 is 0. The van der Waals surface area contributed by atoms with E-state index in [1.54, 1.807) is 30.3 Å². The number of nitriles is 1. The summed E-state index contributed by atoms with van der Waals surface area (Å²) in [4.78, 5) is 11.0. The molecule has 0 spiro atoms. The molecule has 0 aromatic heterocycles. The van der Waals surface area contributed by atoms with Crippen LogP contribution in [-0.4, -0.2) is 13.1 Å². The van der Waals surface area contributed by atoms with E-state index in [9.17, 15) is 4.79 Å². The fourth-order valence-electron chi connectivity index (χ4n) is 0.982. The van der Waals surface area contributed by atoms with Gasteiger partial charge in [0.2, 0.25) is 0 Å². The average molecular weight is 187 g/mol. The number of allylic oxidation sites excluding steroid dienone is 1. The summed E-state index contributed by atoms with van der Waals surface area (Å²) in [7, 11) is 1.34. The Bertz CT molecular complexity index is 385. The van der Waals surface area contributed by atoms with Crippen LogP contribution in [-0.2, 0) is 4.74 Å². The molecular formula is C11H9NO2. The zero-order chi connectivity index (χ0) is 10.4. The second-order valence-corrected chi connectivity index (χ2v) is 2.58. The fourth-order valence-corrected chi connectivity index (χ4v) is 0.982. The minimum absolute atomic E-state index is 0.360. The van der Waals surface area contributed by atoms with E-state index in [1.165, 1.54) is 13.2 Å². The lowest BCUT2D eigenvalue weighted by molar-refractivity contribution is 0.0601. The molecule has 0 bridgehead atoms. The van der Waals surface area contributed by atoms with Gasteiger partial charge < -0.3 is 4.74 Å². The van der Waals surface area contributed by atoms with E-state index in [1.807, 2.05) is 6.07 Å². The van der Waals surface area contributed by atoms with Gasteiger partial charge in [0.1, 0.15) is 0 Å². The summed E-state index contributed by atoms with van der Waals surface area (Å²) in [6.45, 7) is 0. The third kappa shape index (κ3) is 2.46. The molecule has 3 heteroatoms. The molecule has 70 valence electrons. The van der Waals surface area contributed by atoms with E-state index >= 15 is 0 Å². The third-order valence-corrected chi connectivity index (χ3v) is 1.68. The van der Waals surface area contributed by atoms with E-state index in [0.29, 0.717) is 5.56 Å². The Labute approximate surface area is 82.2 Å². The molecule has 0 unspecified atom stereocenters. The Morgan fingerprint density at radius 1 is 1.43 bits per heavy atom. The second-order valence-electron chi connectivity index (χ2n) is 2.58. The van der Waals surface area contributed by atoms with Crippen molar-refractivity contribution >= 4 is 12.0 Å². The minimum atomic E-state index is -0.360. The molecule has 1 aromatic carbocycles. The summed E-state index contributed by atoms with van der Waals surface area (Å²) in [5.74, 6) is -0.360. The highest BCUT2D eigenvalue weighted by Crippen LogP contribution is 2.06. The average Bonchev–Trinajstić information content (AvgIpc) is 2.26. The van der Waals surface area contributed by atoms with Crippen molar-refractivity contribution in [3.8, 4) is 6.07 Å². The number of carbonyl (C=O) groups is 1. The molecule has 0 heterocycles. The fraction of sp³-hybridized carbons (Fsp3) is 0.0909. The van der Waals surface area contributed by atoms with Gasteiger partial charge in [-0.2, -0.15) is 5.26 Å². The maximum absolute atomic E-state index is 11.0. The molecule has 1 rings (SSSR count). The van der Waals surface area contributed by atoms with E-state index < -0.39 is 0 Å². The predicted molar refractivity (Wildman–Crippen MR) is 52.4 cm³/mol. The van der Waals surface area contributed by atoms with Crippen LogP contribution in [0.25, 0.3) is 6.08 Å². The zero-order valence-corrected chi connectivity index (χ0v) is 7.73. The number of carbonyl (C=O) groups excluding carboxylic acids is 1. The molecule has 0 atom stereocenters. The summed E-state index contributed by atoms with van der Waals surface area (Å²) in [5, 5.41) is 8.30. The van der Waals surface area contributed by atoms with Gasteiger partial charge in [-0.05, 0) is 23.8 Å².